The summed E-state index contributed by atoms with van der Waals surface area (Å²) in [5.41, 5.74) is 5.96. The molecule has 176 valence electrons. The van der Waals surface area contributed by atoms with Gasteiger partial charge < -0.3 is 15.4 Å². The molecule has 0 aliphatic heterocycles. The molecule has 0 bridgehead atoms. The molecular formula is C23H25IN7O2P. The van der Waals surface area contributed by atoms with Crippen LogP contribution in [0.3, 0.4) is 0 Å². The van der Waals surface area contributed by atoms with Crippen molar-refractivity contribution in [2.45, 2.75) is 26.7 Å². The molecule has 3 heterocycles. The van der Waals surface area contributed by atoms with Crippen molar-refractivity contribution in [3.05, 3.63) is 41.9 Å². The molecule has 1 aromatic carbocycles. The number of anilines is 3. The van der Waals surface area contributed by atoms with E-state index in [1.165, 1.54) is 0 Å². The molecule has 2 N–H and O–H groups in total. The number of benzene rings is 1. The molecule has 1 unspecified atom stereocenters. The number of hydrogen-bond acceptors (Lipinski definition) is 6. The molecule has 0 saturated heterocycles. The fraction of sp³-hybridized carbons (Fsp3) is 0.304. The van der Waals surface area contributed by atoms with Crippen molar-refractivity contribution in [3.63, 3.8) is 0 Å². The molecule has 0 radical (unpaired) electrons. The summed E-state index contributed by atoms with van der Waals surface area (Å²) in [4.78, 5) is 21.9. The van der Waals surface area contributed by atoms with Gasteiger partial charge in [0.15, 0.2) is 5.65 Å². The van der Waals surface area contributed by atoms with Crippen LogP contribution in [0.15, 0.2) is 30.3 Å². The zero-order valence-corrected chi connectivity index (χ0v) is 22.5. The van der Waals surface area contributed by atoms with Crippen LogP contribution in [0.5, 0.6) is 5.75 Å². The van der Waals surface area contributed by atoms with Crippen LogP contribution in [0.2, 0.25) is 0 Å². The Hall–Kier alpha value is -2.72. The van der Waals surface area contributed by atoms with Crippen LogP contribution >= 0.6 is 28.4 Å². The number of carbonyl (C=O) groups excluding carboxylic acids is 1. The van der Waals surface area contributed by atoms with E-state index < -0.39 is 0 Å². The van der Waals surface area contributed by atoms with Crippen molar-refractivity contribution in [1.29, 1.82) is 0 Å². The van der Waals surface area contributed by atoms with E-state index in [2.05, 4.69) is 42.1 Å². The molecule has 11 heteroatoms. The van der Waals surface area contributed by atoms with Gasteiger partial charge in [0.25, 0.3) is 0 Å². The van der Waals surface area contributed by atoms with Crippen LogP contribution in [0, 0.1) is 19.8 Å². The van der Waals surface area contributed by atoms with Crippen LogP contribution in [-0.2, 0) is 11.8 Å². The van der Waals surface area contributed by atoms with Crippen LogP contribution in [0.4, 0.5) is 17.2 Å². The summed E-state index contributed by atoms with van der Waals surface area (Å²) in [5, 5.41) is 11.0. The molecule has 9 nitrogen and oxygen atoms in total. The van der Waals surface area contributed by atoms with Gasteiger partial charge in [0.1, 0.15) is 22.9 Å². The highest BCUT2D eigenvalue weighted by molar-refractivity contribution is 14.2. The lowest BCUT2D eigenvalue weighted by atomic mass is 10.1. The van der Waals surface area contributed by atoms with Crippen molar-refractivity contribution < 1.29 is 9.53 Å². The molecule has 5 rings (SSSR count). The average molecular weight is 589 g/mol. The summed E-state index contributed by atoms with van der Waals surface area (Å²) in [6.45, 7) is 3.99. The van der Waals surface area contributed by atoms with Crippen molar-refractivity contribution in [1.82, 2.24) is 24.1 Å². The molecule has 0 spiro atoms. The normalized spacial score (nSPS) is 13.7. The van der Waals surface area contributed by atoms with Gasteiger partial charge in [-0.2, -0.15) is 5.10 Å². The molecule has 4 aromatic rings. The van der Waals surface area contributed by atoms with Crippen molar-refractivity contribution in [3.8, 4) is 17.0 Å². The van der Waals surface area contributed by atoms with Crippen molar-refractivity contribution in [2.24, 2.45) is 13.0 Å². The summed E-state index contributed by atoms with van der Waals surface area (Å²) >= 11 is 2.32. The summed E-state index contributed by atoms with van der Waals surface area (Å²) in [6, 6.07) is 9.83. The Morgan fingerprint density at radius 3 is 2.62 bits per heavy atom. The Morgan fingerprint density at radius 2 is 1.97 bits per heavy atom. The highest BCUT2D eigenvalue weighted by atomic mass is 127. The first-order valence-corrected chi connectivity index (χ1v) is 15.0. The zero-order chi connectivity index (χ0) is 24.0. The molecule has 1 atom stereocenters. The maximum atomic E-state index is 12.4. The number of ether oxygens (including phenoxy) is 1. The van der Waals surface area contributed by atoms with Crippen molar-refractivity contribution in [2.75, 3.05) is 17.7 Å². The summed E-state index contributed by atoms with van der Waals surface area (Å²) < 4.78 is 9.61. The molecular weight excluding hydrogens is 564 g/mol. The van der Waals surface area contributed by atoms with E-state index >= 15 is 0 Å². The number of nitrogens with zero attached hydrogens (tertiary/aromatic N) is 5. The van der Waals surface area contributed by atoms with E-state index in [4.69, 9.17) is 14.7 Å². The minimum Gasteiger partial charge on any atom is -0.495 e. The Kier molecular flexibility index (Phi) is 6.20. The number of amides is 1. The smallest absolute Gasteiger partial charge is 0.228 e. The maximum absolute atomic E-state index is 12.4. The average Bonchev–Trinajstić information content (AvgIpc) is 3.55. The van der Waals surface area contributed by atoms with Gasteiger partial charge in [0, 0.05) is 30.3 Å². The van der Waals surface area contributed by atoms with E-state index in [-0.39, 0.29) is 11.8 Å². The molecule has 3 aromatic heterocycles. The lowest BCUT2D eigenvalue weighted by Crippen LogP contribution is -2.14. The van der Waals surface area contributed by atoms with Crippen LogP contribution in [0.25, 0.3) is 22.4 Å². The fourth-order valence-electron chi connectivity index (χ4n) is 3.79. The third kappa shape index (κ3) is 4.36. The number of carbonyl (C=O) groups is 1. The van der Waals surface area contributed by atoms with Gasteiger partial charge in [-0.1, -0.05) is 6.07 Å². The van der Waals surface area contributed by atoms with E-state index in [9.17, 15) is 4.79 Å². The number of pyridine rings is 1. The Bertz CT molecular complexity index is 1390. The Labute approximate surface area is 212 Å². The predicted molar refractivity (Wildman–Crippen MR) is 145 cm³/mol. The fourth-order valence-corrected chi connectivity index (χ4v) is 5.93. The standard InChI is InChI=1S/C23H25IN7O2P/c1-12-9-17(29-30(12)3)15-7-8-16(19(10-15)33-4)26-18-11-20(28-23(32)14-5-6-14)27-22-21(18)25-13(2)31(22)34-24/h7-11,14,34H,5-6H2,1-4H3,(H2,26,27,28,32). The van der Waals surface area contributed by atoms with Gasteiger partial charge in [-0.05, 0) is 66.9 Å². The number of rotatable bonds is 7. The van der Waals surface area contributed by atoms with E-state index in [0.29, 0.717) is 17.9 Å². The lowest BCUT2D eigenvalue weighted by Gasteiger charge is -2.14. The first kappa shape index (κ1) is 23.0. The minimum atomic E-state index is 0.0186. The number of halogens is 1. The van der Waals surface area contributed by atoms with Gasteiger partial charge in [0.05, 0.1) is 30.6 Å². The van der Waals surface area contributed by atoms with Gasteiger partial charge in [0.2, 0.25) is 5.91 Å². The molecule has 34 heavy (non-hydrogen) atoms. The minimum absolute atomic E-state index is 0.0186. The first-order valence-electron chi connectivity index (χ1n) is 10.9. The molecule has 1 aliphatic carbocycles. The second kappa shape index (κ2) is 9.14. The monoisotopic (exact) mass is 589 g/mol. The second-order valence-corrected chi connectivity index (χ2v) is 10.5. The third-order valence-electron chi connectivity index (χ3n) is 5.95. The highest BCUT2D eigenvalue weighted by Crippen LogP contribution is 2.38. The quantitative estimate of drug-likeness (QED) is 0.223. The van der Waals surface area contributed by atoms with Gasteiger partial charge >= 0.3 is 0 Å². The number of imidazole rings is 1. The number of nitrogens with one attached hydrogen (secondary N) is 2. The molecule has 1 fully saturated rings. The first-order chi connectivity index (χ1) is 16.4. The van der Waals surface area contributed by atoms with Crippen LogP contribution in [-0.4, -0.2) is 37.1 Å². The topological polar surface area (TPSA) is 98.9 Å². The summed E-state index contributed by atoms with van der Waals surface area (Å²) in [5.74, 6) is 2.18. The largest absolute Gasteiger partial charge is 0.495 e. The number of fused-ring (bicyclic) bond motifs is 1. The van der Waals surface area contributed by atoms with E-state index in [1.54, 1.807) is 7.11 Å². The predicted octanol–water partition coefficient (Wildman–Crippen LogP) is 5.34. The highest BCUT2D eigenvalue weighted by Gasteiger charge is 2.30. The molecule has 1 amide bonds. The molecule has 1 aliphatic rings. The zero-order valence-electron chi connectivity index (χ0n) is 19.3. The number of methoxy groups -OCH3 is 1. The SMILES string of the molecule is COc1cc(-c2cc(C)n(C)n2)ccc1Nc1cc(NC(=O)C2CC2)nc2c1nc(C)n2PI. The summed E-state index contributed by atoms with van der Waals surface area (Å²) in [7, 11) is 3.57. The number of hydrogen-bond donors (Lipinski definition) is 2. The van der Waals surface area contributed by atoms with Gasteiger partial charge in [-0.3, -0.25) is 13.8 Å². The number of aryl methyl sites for hydroxylation is 3. The number of aromatic nitrogens is 5. The summed E-state index contributed by atoms with van der Waals surface area (Å²) in [6.07, 6.45) is 2.31. The Balaban J connectivity index is 1.55. The second-order valence-electron chi connectivity index (χ2n) is 8.40. The van der Waals surface area contributed by atoms with E-state index in [1.807, 2.05) is 55.9 Å². The van der Waals surface area contributed by atoms with E-state index in [0.717, 1.165) is 58.2 Å². The van der Waals surface area contributed by atoms with Crippen LogP contribution in [0.1, 0.15) is 24.4 Å². The van der Waals surface area contributed by atoms with Gasteiger partial charge in [-0.15, -0.1) is 0 Å². The van der Waals surface area contributed by atoms with Gasteiger partial charge in [-0.25, -0.2) is 9.97 Å². The maximum Gasteiger partial charge on any atom is 0.228 e. The van der Waals surface area contributed by atoms with Crippen molar-refractivity contribution >= 4 is 62.7 Å². The molecule has 1 saturated carbocycles. The lowest BCUT2D eigenvalue weighted by molar-refractivity contribution is -0.117. The third-order valence-corrected chi connectivity index (χ3v) is 8.10. The Morgan fingerprint density at radius 1 is 1.18 bits per heavy atom. The van der Waals surface area contributed by atoms with Crippen LogP contribution < -0.4 is 15.4 Å².